The van der Waals surface area contributed by atoms with Crippen LogP contribution >= 0.6 is 0 Å². The molecule has 140 valence electrons. The van der Waals surface area contributed by atoms with Crippen molar-refractivity contribution in [3.63, 3.8) is 0 Å². The van der Waals surface area contributed by atoms with Gasteiger partial charge in [0.2, 0.25) is 5.78 Å². The van der Waals surface area contributed by atoms with E-state index < -0.39 is 12.1 Å². The smallest absolute Gasteiger partial charge is 0.347 e. The largest absolute Gasteiger partial charge is 0.479 e. The summed E-state index contributed by atoms with van der Waals surface area (Å²) >= 11 is 0. The number of fused-ring (bicyclic) bond motifs is 1. The zero-order valence-electron chi connectivity index (χ0n) is 15.7. The van der Waals surface area contributed by atoms with E-state index in [2.05, 4.69) is 6.92 Å². The van der Waals surface area contributed by atoms with Crippen LogP contribution in [-0.2, 0) is 16.0 Å². The molecule has 0 spiro atoms. The Hall–Kier alpha value is -3.08. The van der Waals surface area contributed by atoms with E-state index in [4.69, 9.17) is 14.2 Å². The van der Waals surface area contributed by atoms with Gasteiger partial charge in [-0.1, -0.05) is 31.2 Å². The molecule has 1 aliphatic heterocycles. The maximum atomic E-state index is 12.5. The number of aryl methyl sites for hydroxylation is 1. The molecule has 1 atom stereocenters. The third-order valence-electron chi connectivity index (χ3n) is 4.26. The van der Waals surface area contributed by atoms with Gasteiger partial charge >= 0.3 is 5.97 Å². The monoisotopic (exact) mass is 366 g/mol. The summed E-state index contributed by atoms with van der Waals surface area (Å²) in [6.07, 6.45) is 1.95. The molecule has 0 aliphatic carbocycles. The summed E-state index contributed by atoms with van der Waals surface area (Å²) in [6, 6.07) is 12.9. The fraction of sp³-hybridized carbons (Fsp3) is 0.273. The van der Waals surface area contributed by atoms with Crippen molar-refractivity contribution in [2.75, 3.05) is 6.61 Å². The van der Waals surface area contributed by atoms with Crippen LogP contribution in [0.3, 0.4) is 0 Å². The molecule has 0 bridgehead atoms. The van der Waals surface area contributed by atoms with Gasteiger partial charge in [0.15, 0.2) is 11.9 Å². The van der Waals surface area contributed by atoms with Crippen molar-refractivity contribution in [2.24, 2.45) is 0 Å². The van der Waals surface area contributed by atoms with Crippen molar-refractivity contribution >= 4 is 17.8 Å². The zero-order chi connectivity index (χ0) is 19.4. The highest BCUT2D eigenvalue weighted by Gasteiger charge is 2.28. The molecule has 0 saturated heterocycles. The lowest BCUT2D eigenvalue weighted by Crippen LogP contribution is -2.26. The van der Waals surface area contributed by atoms with Gasteiger partial charge in [0.25, 0.3) is 0 Å². The van der Waals surface area contributed by atoms with Gasteiger partial charge in [0, 0.05) is 6.07 Å². The molecule has 2 aromatic carbocycles. The lowest BCUT2D eigenvalue weighted by Gasteiger charge is -2.13. The van der Waals surface area contributed by atoms with Crippen molar-refractivity contribution in [1.82, 2.24) is 0 Å². The number of allylic oxidation sites excluding steroid dienone is 1. The lowest BCUT2D eigenvalue weighted by molar-refractivity contribution is -0.150. The van der Waals surface area contributed by atoms with Crippen LogP contribution in [-0.4, -0.2) is 24.5 Å². The van der Waals surface area contributed by atoms with Crippen LogP contribution in [0, 0.1) is 0 Å². The highest BCUT2D eigenvalue weighted by Crippen LogP contribution is 2.35. The number of rotatable bonds is 6. The topological polar surface area (TPSA) is 61.8 Å². The number of ether oxygens (including phenoxy) is 3. The Morgan fingerprint density at radius 2 is 1.89 bits per heavy atom. The first kappa shape index (κ1) is 18.7. The number of hydrogen-bond donors (Lipinski definition) is 0. The minimum absolute atomic E-state index is 0.172. The number of ketones is 1. The Morgan fingerprint density at radius 1 is 1.15 bits per heavy atom. The lowest BCUT2D eigenvalue weighted by atomic mass is 10.1. The van der Waals surface area contributed by atoms with Gasteiger partial charge in [-0.15, -0.1) is 0 Å². The number of carbonyl (C=O) groups excluding carboxylic acids is 2. The van der Waals surface area contributed by atoms with Gasteiger partial charge in [-0.25, -0.2) is 4.79 Å². The molecular weight excluding hydrogens is 344 g/mol. The minimum Gasteiger partial charge on any atom is -0.479 e. The molecule has 0 amide bonds. The Morgan fingerprint density at radius 3 is 2.56 bits per heavy atom. The van der Waals surface area contributed by atoms with E-state index in [9.17, 15) is 9.59 Å². The molecule has 3 rings (SSSR count). The van der Waals surface area contributed by atoms with Crippen molar-refractivity contribution < 1.29 is 23.8 Å². The van der Waals surface area contributed by atoms with Gasteiger partial charge in [-0.2, -0.15) is 0 Å². The second-order valence-corrected chi connectivity index (χ2v) is 6.21. The van der Waals surface area contributed by atoms with Crippen LogP contribution in [0.2, 0.25) is 0 Å². The first-order valence-electron chi connectivity index (χ1n) is 9.02. The highest BCUT2D eigenvalue weighted by atomic mass is 16.6. The molecule has 1 heterocycles. The Bertz CT molecular complexity index is 880. The average Bonchev–Trinajstić information content (AvgIpc) is 2.97. The number of benzene rings is 2. The van der Waals surface area contributed by atoms with E-state index in [-0.39, 0.29) is 11.5 Å². The van der Waals surface area contributed by atoms with Crippen LogP contribution < -0.4 is 9.47 Å². The maximum absolute atomic E-state index is 12.5. The molecule has 2 aromatic rings. The van der Waals surface area contributed by atoms with E-state index >= 15 is 0 Å². The number of carbonyl (C=O) groups is 2. The Labute approximate surface area is 158 Å². The van der Waals surface area contributed by atoms with Crippen LogP contribution in [0.25, 0.3) is 6.08 Å². The van der Waals surface area contributed by atoms with Crippen LogP contribution in [0.4, 0.5) is 0 Å². The molecule has 0 radical (unpaired) electrons. The zero-order valence-corrected chi connectivity index (χ0v) is 15.7. The van der Waals surface area contributed by atoms with E-state index in [1.54, 1.807) is 38.1 Å². The minimum atomic E-state index is -0.743. The number of Topliss-reactive ketones (excluding diaryl/α,β-unsaturated/α-hetero) is 1. The molecule has 0 unspecified atom stereocenters. The van der Waals surface area contributed by atoms with Crippen molar-refractivity contribution in [3.05, 3.63) is 64.9 Å². The van der Waals surface area contributed by atoms with E-state index in [1.165, 1.54) is 5.56 Å². The van der Waals surface area contributed by atoms with Gasteiger partial charge in [-0.3, -0.25) is 4.79 Å². The second kappa shape index (κ2) is 8.08. The standard InChI is InChI=1S/C22H22O5/c1-4-15-6-8-16(9-7-15)12-20-21(23)18-11-10-17(13-19(18)27-20)26-14(3)22(24)25-5-2/h6-14H,4-5H2,1-3H3/b20-12+/t14-/m0/s1. The van der Waals surface area contributed by atoms with Crippen LogP contribution in [0.5, 0.6) is 11.5 Å². The maximum Gasteiger partial charge on any atom is 0.347 e. The molecule has 27 heavy (non-hydrogen) atoms. The van der Waals surface area contributed by atoms with Gasteiger partial charge in [-0.05, 0) is 49.6 Å². The second-order valence-electron chi connectivity index (χ2n) is 6.21. The Kier molecular flexibility index (Phi) is 5.60. The van der Waals surface area contributed by atoms with Gasteiger partial charge < -0.3 is 14.2 Å². The van der Waals surface area contributed by atoms with Crippen LogP contribution in [0.1, 0.15) is 42.3 Å². The molecular formula is C22H22O5. The molecule has 0 saturated carbocycles. The Balaban J connectivity index is 1.76. The van der Waals surface area contributed by atoms with Gasteiger partial charge in [0.1, 0.15) is 11.5 Å². The summed E-state index contributed by atoms with van der Waals surface area (Å²) in [5, 5.41) is 0. The molecule has 0 fully saturated rings. The van der Waals surface area contributed by atoms with E-state index in [0.717, 1.165) is 12.0 Å². The quantitative estimate of drug-likeness (QED) is 0.566. The summed E-state index contributed by atoms with van der Waals surface area (Å²) in [7, 11) is 0. The molecule has 0 N–H and O–H groups in total. The molecule has 5 nitrogen and oxygen atoms in total. The predicted molar refractivity (Wildman–Crippen MR) is 102 cm³/mol. The normalized spacial score (nSPS) is 15.2. The van der Waals surface area contributed by atoms with E-state index in [0.29, 0.717) is 23.7 Å². The summed E-state index contributed by atoms with van der Waals surface area (Å²) < 4.78 is 16.2. The first-order chi connectivity index (χ1) is 13.0. The first-order valence-corrected chi connectivity index (χ1v) is 9.02. The predicted octanol–water partition coefficient (Wildman–Crippen LogP) is 4.20. The fourth-order valence-corrected chi connectivity index (χ4v) is 2.75. The molecule has 1 aliphatic rings. The van der Waals surface area contributed by atoms with Gasteiger partial charge in [0.05, 0.1) is 12.2 Å². The van der Waals surface area contributed by atoms with Crippen molar-refractivity contribution in [2.45, 2.75) is 33.3 Å². The van der Waals surface area contributed by atoms with Crippen LogP contribution in [0.15, 0.2) is 48.2 Å². The number of hydrogen-bond acceptors (Lipinski definition) is 5. The van der Waals surface area contributed by atoms with Crippen molar-refractivity contribution in [3.8, 4) is 11.5 Å². The fourth-order valence-electron chi connectivity index (χ4n) is 2.75. The third-order valence-corrected chi connectivity index (χ3v) is 4.26. The molecule has 5 heteroatoms. The van der Waals surface area contributed by atoms with Crippen molar-refractivity contribution in [1.29, 1.82) is 0 Å². The summed E-state index contributed by atoms with van der Waals surface area (Å²) in [4.78, 5) is 24.2. The SMILES string of the molecule is CCOC(=O)[C@H](C)Oc1ccc2c(c1)O/C(=C/c1ccc(CC)cc1)C2=O. The summed E-state index contributed by atoms with van der Waals surface area (Å²) in [5.74, 6) is 0.520. The third kappa shape index (κ3) is 4.19. The highest BCUT2D eigenvalue weighted by molar-refractivity contribution is 6.14. The number of esters is 1. The molecule has 0 aromatic heterocycles. The van der Waals surface area contributed by atoms with E-state index in [1.807, 2.05) is 24.3 Å². The average molecular weight is 366 g/mol. The summed E-state index contributed by atoms with van der Waals surface area (Å²) in [5.41, 5.74) is 2.61. The summed E-state index contributed by atoms with van der Waals surface area (Å²) in [6.45, 7) is 5.74.